The van der Waals surface area contributed by atoms with E-state index in [0.717, 1.165) is 30.8 Å². The summed E-state index contributed by atoms with van der Waals surface area (Å²) in [6.07, 6.45) is 2.01. The van der Waals surface area contributed by atoms with Crippen molar-refractivity contribution < 1.29 is 27.9 Å². The Kier molecular flexibility index (Phi) is 7.21. The van der Waals surface area contributed by atoms with Gasteiger partial charge < -0.3 is 21.1 Å². The van der Waals surface area contributed by atoms with Gasteiger partial charge in [-0.1, -0.05) is 20.3 Å². The molecule has 4 rings (SSSR count). The number of carbonyl (C=O) groups excluding carboxylic acids is 1. The van der Waals surface area contributed by atoms with Crippen LogP contribution in [0.4, 0.5) is 19.0 Å². The zero-order valence-corrected chi connectivity index (χ0v) is 20.2. The van der Waals surface area contributed by atoms with E-state index in [1.54, 1.807) is 4.90 Å². The average molecular weight is 518 g/mol. The van der Waals surface area contributed by atoms with E-state index in [4.69, 9.17) is 5.73 Å². The molecule has 9 nitrogen and oxygen atoms in total. The molecule has 1 saturated heterocycles. The van der Waals surface area contributed by atoms with Crippen LogP contribution in [0.15, 0.2) is 35.3 Å². The summed E-state index contributed by atoms with van der Waals surface area (Å²) in [7, 11) is 0. The summed E-state index contributed by atoms with van der Waals surface area (Å²) in [6, 6.07) is 2.60. The van der Waals surface area contributed by atoms with Gasteiger partial charge in [0.1, 0.15) is 22.8 Å². The van der Waals surface area contributed by atoms with Crippen LogP contribution in [0.2, 0.25) is 0 Å². The number of pyridine rings is 1. The number of aromatic carboxylic acids is 1. The summed E-state index contributed by atoms with van der Waals surface area (Å²) >= 11 is 0. The van der Waals surface area contributed by atoms with Crippen molar-refractivity contribution in [3.8, 4) is 11.1 Å². The van der Waals surface area contributed by atoms with E-state index in [1.807, 2.05) is 13.8 Å². The molecule has 1 aromatic carbocycles. The minimum Gasteiger partial charge on any atom is -0.477 e. The second-order valence-corrected chi connectivity index (χ2v) is 9.16. The number of amides is 1. The normalized spacial score (nSPS) is 17.1. The van der Waals surface area contributed by atoms with Gasteiger partial charge in [0.15, 0.2) is 11.6 Å². The Morgan fingerprint density at radius 2 is 1.95 bits per heavy atom. The molecule has 1 amide bonds. The van der Waals surface area contributed by atoms with Crippen LogP contribution in [0.25, 0.3) is 16.8 Å². The summed E-state index contributed by atoms with van der Waals surface area (Å²) in [5.41, 5.74) is 3.67. The number of aromatic nitrogens is 2. The van der Waals surface area contributed by atoms with Crippen LogP contribution in [0, 0.1) is 23.4 Å². The van der Waals surface area contributed by atoms with E-state index in [0.29, 0.717) is 23.4 Å². The highest BCUT2D eigenvalue weighted by molar-refractivity contribution is 5.91. The maximum absolute atomic E-state index is 15.2. The number of rotatable bonds is 7. The van der Waals surface area contributed by atoms with Crippen molar-refractivity contribution in [2.24, 2.45) is 11.7 Å². The molecule has 0 bridgehead atoms. The van der Waals surface area contributed by atoms with Crippen molar-refractivity contribution in [1.29, 1.82) is 0 Å². The van der Waals surface area contributed by atoms with Gasteiger partial charge in [-0.05, 0) is 30.5 Å². The topological polar surface area (TPSA) is 130 Å². The quantitative estimate of drug-likeness (QED) is 0.439. The van der Waals surface area contributed by atoms with Crippen molar-refractivity contribution in [2.45, 2.75) is 38.8 Å². The lowest BCUT2D eigenvalue weighted by atomic mass is 9.99. The third-order valence-corrected chi connectivity index (χ3v) is 6.72. The van der Waals surface area contributed by atoms with Gasteiger partial charge in [0.25, 0.3) is 5.56 Å². The van der Waals surface area contributed by atoms with Crippen molar-refractivity contribution in [1.82, 2.24) is 14.7 Å². The van der Waals surface area contributed by atoms with E-state index >= 15 is 4.39 Å². The van der Waals surface area contributed by atoms with E-state index in [-0.39, 0.29) is 47.0 Å². The number of fused-ring (bicyclic) bond motifs is 1. The third-order valence-electron chi connectivity index (χ3n) is 6.72. The second-order valence-electron chi connectivity index (χ2n) is 9.16. The lowest BCUT2D eigenvalue weighted by Crippen LogP contribution is -2.49. The summed E-state index contributed by atoms with van der Waals surface area (Å²) in [4.78, 5) is 42.7. The summed E-state index contributed by atoms with van der Waals surface area (Å²) in [5.74, 6) is -4.85. The molecule has 3 aromatic rings. The molecule has 0 radical (unpaired) electrons. The Labute approximate surface area is 209 Å². The van der Waals surface area contributed by atoms with E-state index in [1.165, 1.54) is 0 Å². The molecule has 3 heterocycles. The fraction of sp³-hybridized carbons (Fsp3) is 0.360. The van der Waals surface area contributed by atoms with Crippen LogP contribution in [-0.4, -0.2) is 51.5 Å². The highest BCUT2D eigenvalue weighted by Crippen LogP contribution is 2.30. The molecule has 1 aliphatic heterocycles. The molecule has 1 aliphatic rings. The number of anilines is 1. The maximum atomic E-state index is 15.2. The van der Waals surface area contributed by atoms with Crippen molar-refractivity contribution >= 4 is 23.3 Å². The van der Waals surface area contributed by atoms with E-state index < -0.39 is 40.6 Å². The summed E-state index contributed by atoms with van der Waals surface area (Å²) in [5, 5.41) is 12.3. The molecule has 1 fully saturated rings. The number of nitrogens with zero attached hydrogens (tertiary/aromatic N) is 3. The number of carboxylic acid groups (broad SMARTS) is 1. The van der Waals surface area contributed by atoms with E-state index in [9.17, 15) is 28.3 Å². The Balaban J connectivity index is 1.75. The Bertz CT molecular complexity index is 1440. The number of nitrogens with one attached hydrogen (secondary N) is 1. The predicted octanol–water partition coefficient (Wildman–Crippen LogP) is 2.55. The molecule has 4 N–H and O–H groups in total. The van der Waals surface area contributed by atoms with Crippen LogP contribution in [-0.2, 0) is 4.79 Å². The van der Waals surface area contributed by atoms with Crippen molar-refractivity contribution in [3.05, 3.63) is 63.8 Å². The van der Waals surface area contributed by atoms with Crippen molar-refractivity contribution in [2.75, 3.05) is 18.0 Å². The van der Waals surface area contributed by atoms with Gasteiger partial charge in [0.05, 0.1) is 12.2 Å². The van der Waals surface area contributed by atoms with E-state index in [2.05, 4.69) is 10.3 Å². The molecular formula is C25H26F3N5O4. The summed E-state index contributed by atoms with van der Waals surface area (Å²) in [6.45, 7) is 4.33. The Hall–Kier alpha value is -3.93. The molecule has 3 atom stereocenters. The largest absolute Gasteiger partial charge is 0.477 e. The SMILES string of the molecule is CCC(C)C(N)C(=O)N[C@H]1CCN(c2nc3c(-c4ccc(F)cc4F)cc(C(=O)O)c(=O)n3cc2F)C1. The fourth-order valence-corrected chi connectivity index (χ4v) is 4.35. The molecule has 0 saturated carbocycles. The van der Waals surface area contributed by atoms with Gasteiger partial charge in [-0.2, -0.15) is 0 Å². The molecule has 2 unspecified atom stereocenters. The molecule has 2 aromatic heterocycles. The van der Waals surface area contributed by atoms with Crippen LogP contribution in [0.3, 0.4) is 0 Å². The minimum atomic E-state index is -1.60. The molecule has 37 heavy (non-hydrogen) atoms. The van der Waals surface area contributed by atoms with Gasteiger partial charge in [-0.15, -0.1) is 0 Å². The van der Waals surface area contributed by atoms with Crippen LogP contribution in [0.1, 0.15) is 37.0 Å². The average Bonchev–Trinajstić information content (AvgIpc) is 3.31. The number of hydrogen-bond donors (Lipinski definition) is 3. The molecular weight excluding hydrogens is 491 g/mol. The van der Waals surface area contributed by atoms with Gasteiger partial charge in [-0.25, -0.2) is 22.9 Å². The Morgan fingerprint density at radius 1 is 1.22 bits per heavy atom. The monoisotopic (exact) mass is 517 g/mol. The van der Waals surface area contributed by atoms with Gasteiger partial charge in [0, 0.05) is 36.3 Å². The van der Waals surface area contributed by atoms with Crippen molar-refractivity contribution in [3.63, 3.8) is 0 Å². The molecule has 0 spiro atoms. The molecule has 12 heteroatoms. The minimum absolute atomic E-state index is 0.0172. The molecule has 196 valence electrons. The first-order valence-corrected chi connectivity index (χ1v) is 11.8. The number of carbonyl (C=O) groups is 2. The zero-order chi connectivity index (χ0) is 27.0. The lowest BCUT2D eigenvalue weighted by Gasteiger charge is -2.22. The first kappa shape index (κ1) is 26.1. The number of nitrogens with two attached hydrogens (primary N) is 1. The Morgan fingerprint density at radius 3 is 2.59 bits per heavy atom. The number of halogens is 3. The highest BCUT2D eigenvalue weighted by atomic mass is 19.1. The zero-order valence-electron chi connectivity index (χ0n) is 20.2. The maximum Gasteiger partial charge on any atom is 0.341 e. The number of hydrogen-bond acceptors (Lipinski definition) is 6. The standard InChI is InChI=1S/C25H26F3N5O4/c1-3-12(2)20(29)23(34)30-14-6-7-32(10-14)22-19(28)11-33-21(31-22)16(9-17(24(33)35)25(36)37)15-5-4-13(26)8-18(15)27/h4-5,8-9,11-12,14,20H,3,6-7,10,29H2,1-2H3,(H,30,34)(H,36,37)/t12?,14-,20?/m0/s1. The molecule has 0 aliphatic carbocycles. The van der Waals surface area contributed by atoms with Gasteiger partial charge in [0.2, 0.25) is 5.91 Å². The predicted molar refractivity (Wildman–Crippen MR) is 130 cm³/mol. The number of benzene rings is 1. The van der Waals surface area contributed by atoms with Crippen LogP contribution >= 0.6 is 0 Å². The van der Waals surface area contributed by atoms with Gasteiger partial charge in [-0.3, -0.25) is 14.0 Å². The highest BCUT2D eigenvalue weighted by Gasteiger charge is 2.30. The lowest BCUT2D eigenvalue weighted by molar-refractivity contribution is -0.124. The summed E-state index contributed by atoms with van der Waals surface area (Å²) < 4.78 is 44.0. The van der Waals surface area contributed by atoms with Gasteiger partial charge >= 0.3 is 5.97 Å². The number of carboxylic acids is 1. The van der Waals surface area contributed by atoms with Crippen LogP contribution in [0.5, 0.6) is 0 Å². The first-order chi connectivity index (χ1) is 17.5. The van der Waals surface area contributed by atoms with Crippen LogP contribution < -0.4 is 21.5 Å². The fourth-order valence-electron chi connectivity index (χ4n) is 4.35. The third kappa shape index (κ3) is 5.01. The second kappa shape index (κ2) is 10.2. The smallest absolute Gasteiger partial charge is 0.341 e. The first-order valence-electron chi connectivity index (χ1n) is 11.8.